The maximum atomic E-state index is 12.7. The van der Waals surface area contributed by atoms with Crippen LogP contribution in [0.2, 0.25) is 0 Å². The summed E-state index contributed by atoms with van der Waals surface area (Å²) in [6.45, 7) is 2.39. The molecule has 2 aliphatic rings. The maximum absolute atomic E-state index is 12.7. The monoisotopic (exact) mass is 284 g/mol. The zero-order chi connectivity index (χ0) is 14.4. The molecule has 2 atom stereocenters. The number of carbonyl (C=O) groups is 1. The van der Waals surface area contributed by atoms with Gasteiger partial charge in [-0.25, -0.2) is 0 Å². The molecule has 1 aliphatic carbocycles. The van der Waals surface area contributed by atoms with Crippen molar-refractivity contribution in [2.45, 2.75) is 44.6 Å². The highest BCUT2D eigenvalue weighted by molar-refractivity contribution is 5.83. The van der Waals surface area contributed by atoms with Crippen LogP contribution in [-0.4, -0.2) is 50.5 Å². The molecule has 5 heteroatoms. The van der Waals surface area contributed by atoms with E-state index in [0.29, 0.717) is 6.61 Å². The van der Waals surface area contributed by atoms with Crippen LogP contribution < -0.4 is 10.6 Å². The summed E-state index contributed by atoms with van der Waals surface area (Å²) in [5.41, 5.74) is -0.391. The molecule has 0 aromatic carbocycles. The second kappa shape index (κ2) is 7.38. The predicted octanol–water partition coefficient (Wildman–Crippen LogP) is 0.670. The number of hydrogen-bond acceptors (Lipinski definition) is 4. The van der Waals surface area contributed by atoms with Crippen molar-refractivity contribution in [1.29, 1.82) is 0 Å². The van der Waals surface area contributed by atoms with Crippen molar-refractivity contribution in [3.8, 4) is 0 Å². The van der Waals surface area contributed by atoms with Gasteiger partial charge in [-0.1, -0.05) is 12.8 Å². The van der Waals surface area contributed by atoms with Crippen molar-refractivity contribution >= 4 is 5.91 Å². The van der Waals surface area contributed by atoms with Crippen molar-refractivity contribution in [3.63, 3.8) is 0 Å². The minimum absolute atomic E-state index is 0.117. The molecule has 0 bridgehead atoms. The first-order valence-corrected chi connectivity index (χ1v) is 7.83. The fourth-order valence-corrected chi connectivity index (χ4v) is 3.56. The molecule has 116 valence electrons. The van der Waals surface area contributed by atoms with Crippen LogP contribution in [0.5, 0.6) is 0 Å². The Morgan fingerprint density at radius 2 is 2.05 bits per heavy atom. The molecule has 3 N–H and O–H groups in total. The van der Waals surface area contributed by atoms with Crippen LogP contribution in [0.4, 0.5) is 0 Å². The second-order valence-corrected chi connectivity index (χ2v) is 6.27. The van der Waals surface area contributed by atoms with Gasteiger partial charge in [0.25, 0.3) is 0 Å². The van der Waals surface area contributed by atoms with E-state index in [2.05, 4.69) is 10.6 Å². The smallest absolute Gasteiger partial charge is 0.228 e. The zero-order valence-electron chi connectivity index (χ0n) is 12.5. The molecule has 0 spiro atoms. The first-order valence-electron chi connectivity index (χ1n) is 7.83. The number of hydrogen-bond donors (Lipinski definition) is 3. The standard InChI is InChI=1S/C15H28N2O3/c1-20-11-15(6-8-16-9-7-15)14(19)17-13-5-3-2-4-12(13)10-18/h12-13,16,18H,2-11H2,1H3,(H,17,19). The van der Waals surface area contributed by atoms with E-state index in [0.717, 1.165) is 51.6 Å². The SMILES string of the molecule is COCC1(C(=O)NC2CCCCC2CO)CCNCC1. The molecule has 0 radical (unpaired) electrons. The summed E-state index contributed by atoms with van der Waals surface area (Å²) < 4.78 is 5.31. The van der Waals surface area contributed by atoms with Gasteiger partial charge in [0.1, 0.15) is 0 Å². The highest BCUT2D eigenvalue weighted by atomic mass is 16.5. The lowest BCUT2D eigenvalue weighted by atomic mass is 9.77. The number of nitrogens with one attached hydrogen (secondary N) is 2. The first-order chi connectivity index (χ1) is 9.72. The van der Waals surface area contributed by atoms with Crippen LogP contribution >= 0.6 is 0 Å². The Morgan fingerprint density at radius 1 is 1.35 bits per heavy atom. The topological polar surface area (TPSA) is 70.6 Å². The Bertz CT molecular complexity index is 311. The van der Waals surface area contributed by atoms with Gasteiger partial charge in [0.2, 0.25) is 5.91 Å². The quantitative estimate of drug-likeness (QED) is 0.694. The van der Waals surface area contributed by atoms with Gasteiger partial charge in [0, 0.05) is 25.7 Å². The van der Waals surface area contributed by atoms with Gasteiger partial charge in [-0.3, -0.25) is 4.79 Å². The van der Waals surface area contributed by atoms with Gasteiger partial charge in [0.15, 0.2) is 0 Å². The molecular weight excluding hydrogens is 256 g/mol. The number of piperidine rings is 1. The molecule has 1 amide bonds. The summed E-state index contributed by atoms with van der Waals surface area (Å²) in [4.78, 5) is 12.7. The summed E-state index contributed by atoms with van der Waals surface area (Å²) in [7, 11) is 1.66. The van der Waals surface area contributed by atoms with Crippen molar-refractivity contribution in [2.75, 3.05) is 33.4 Å². The minimum Gasteiger partial charge on any atom is -0.396 e. The van der Waals surface area contributed by atoms with Crippen molar-refractivity contribution < 1.29 is 14.6 Å². The summed E-state index contributed by atoms with van der Waals surface area (Å²) in [5.74, 6) is 0.334. The number of carbonyl (C=O) groups excluding carboxylic acids is 1. The van der Waals surface area contributed by atoms with E-state index >= 15 is 0 Å². The second-order valence-electron chi connectivity index (χ2n) is 6.27. The van der Waals surface area contributed by atoms with Gasteiger partial charge in [0.05, 0.1) is 12.0 Å². The van der Waals surface area contributed by atoms with E-state index < -0.39 is 5.41 Å². The van der Waals surface area contributed by atoms with Crippen LogP contribution in [0.3, 0.4) is 0 Å². The van der Waals surface area contributed by atoms with Crippen LogP contribution in [0, 0.1) is 11.3 Å². The van der Waals surface area contributed by atoms with Crippen LogP contribution in [0.15, 0.2) is 0 Å². The predicted molar refractivity (Wildman–Crippen MR) is 77.4 cm³/mol. The van der Waals surface area contributed by atoms with E-state index in [9.17, 15) is 9.90 Å². The van der Waals surface area contributed by atoms with Crippen LogP contribution in [0.25, 0.3) is 0 Å². The molecule has 1 heterocycles. The van der Waals surface area contributed by atoms with E-state index in [1.807, 2.05) is 0 Å². The largest absolute Gasteiger partial charge is 0.396 e. The Kier molecular flexibility index (Phi) is 5.81. The molecule has 5 nitrogen and oxygen atoms in total. The molecule has 0 aromatic heterocycles. The Hall–Kier alpha value is -0.650. The molecule has 1 saturated carbocycles. The lowest BCUT2D eigenvalue weighted by molar-refractivity contribution is -0.137. The Balaban J connectivity index is 2.00. The van der Waals surface area contributed by atoms with Crippen molar-refractivity contribution in [3.05, 3.63) is 0 Å². The molecule has 2 unspecified atom stereocenters. The molecular formula is C15H28N2O3. The summed E-state index contributed by atoms with van der Waals surface area (Å²) in [6.07, 6.45) is 5.94. The highest BCUT2D eigenvalue weighted by Gasteiger charge is 2.41. The molecule has 2 rings (SSSR count). The number of rotatable bonds is 5. The Morgan fingerprint density at radius 3 is 2.70 bits per heavy atom. The molecule has 1 aliphatic heterocycles. The number of aliphatic hydroxyl groups excluding tert-OH is 1. The number of amides is 1. The Labute approximate surface area is 121 Å². The third kappa shape index (κ3) is 3.51. The van der Waals surface area contributed by atoms with Gasteiger partial charge >= 0.3 is 0 Å². The molecule has 1 saturated heterocycles. The lowest BCUT2D eigenvalue weighted by Crippen LogP contribution is -2.54. The van der Waals surface area contributed by atoms with E-state index in [4.69, 9.17) is 4.74 Å². The average Bonchev–Trinajstić information content (AvgIpc) is 2.49. The van der Waals surface area contributed by atoms with E-state index in [-0.39, 0.29) is 24.5 Å². The van der Waals surface area contributed by atoms with Gasteiger partial charge in [-0.05, 0) is 38.8 Å². The lowest BCUT2D eigenvalue weighted by Gasteiger charge is -2.39. The summed E-state index contributed by atoms with van der Waals surface area (Å²) in [6, 6.07) is 0.130. The van der Waals surface area contributed by atoms with Gasteiger partial charge in [-0.2, -0.15) is 0 Å². The number of ether oxygens (including phenoxy) is 1. The van der Waals surface area contributed by atoms with Gasteiger partial charge < -0.3 is 20.5 Å². The first kappa shape index (κ1) is 15.7. The van der Waals surface area contributed by atoms with Crippen molar-refractivity contribution in [1.82, 2.24) is 10.6 Å². The normalized spacial score (nSPS) is 29.9. The molecule has 2 fully saturated rings. The fraction of sp³-hybridized carbons (Fsp3) is 0.933. The fourth-order valence-electron chi connectivity index (χ4n) is 3.56. The third-order valence-corrected chi connectivity index (χ3v) is 4.92. The van der Waals surface area contributed by atoms with Gasteiger partial charge in [-0.15, -0.1) is 0 Å². The molecule has 0 aromatic rings. The number of aliphatic hydroxyl groups is 1. The zero-order valence-corrected chi connectivity index (χ0v) is 12.5. The third-order valence-electron chi connectivity index (χ3n) is 4.92. The maximum Gasteiger partial charge on any atom is 0.228 e. The minimum atomic E-state index is -0.391. The van der Waals surface area contributed by atoms with E-state index in [1.54, 1.807) is 7.11 Å². The van der Waals surface area contributed by atoms with Crippen LogP contribution in [0.1, 0.15) is 38.5 Å². The van der Waals surface area contributed by atoms with E-state index in [1.165, 1.54) is 0 Å². The molecule has 20 heavy (non-hydrogen) atoms. The van der Waals surface area contributed by atoms with Crippen LogP contribution in [-0.2, 0) is 9.53 Å². The number of methoxy groups -OCH3 is 1. The highest BCUT2D eigenvalue weighted by Crippen LogP contribution is 2.31. The summed E-state index contributed by atoms with van der Waals surface area (Å²) >= 11 is 0. The average molecular weight is 284 g/mol. The summed E-state index contributed by atoms with van der Waals surface area (Å²) in [5, 5.41) is 16.0. The van der Waals surface area contributed by atoms with Crippen molar-refractivity contribution in [2.24, 2.45) is 11.3 Å².